The molecule has 0 amide bonds. The van der Waals surface area contributed by atoms with Crippen LogP contribution in [0, 0.1) is 22.7 Å². The summed E-state index contributed by atoms with van der Waals surface area (Å²) in [5.41, 5.74) is 8.92. The van der Waals surface area contributed by atoms with Gasteiger partial charge in [0, 0.05) is 32.7 Å². The molecule has 0 atom stereocenters. The molecule has 0 aliphatic rings. The monoisotopic (exact) mass is 534 g/mol. The number of rotatable bonds is 3. The zero-order valence-corrected chi connectivity index (χ0v) is 22.5. The maximum Gasteiger partial charge on any atom is 0.101 e. The molecule has 42 heavy (non-hydrogen) atoms. The zero-order chi connectivity index (χ0) is 28.2. The summed E-state index contributed by atoms with van der Waals surface area (Å²) in [5, 5.41) is 25.0. The van der Waals surface area contributed by atoms with Crippen LogP contribution in [0.25, 0.3) is 66.1 Å². The van der Waals surface area contributed by atoms with Gasteiger partial charge in [0.05, 0.1) is 50.6 Å². The van der Waals surface area contributed by atoms with Crippen molar-refractivity contribution in [3.63, 3.8) is 0 Å². The van der Waals surface area contributed by atoms with Gasteiger partial charge in [-0.15, -0.1) is 0 Å². The first-order chi connectivity index (χ1) is 20.8. The lowest BCUT2D eigenvalue weighted by Crippen LogP contribution is -2.04. The maximum atomic E-state index is 10.4. The molecule has 0 fully saturated rings. The van der Waals surface area contributed by atoms with Gasteiger partial charge < -0.3 is 9.13 Å². The van der Waals surface area contributed by atoms with Gasteiger partial charge in [0.15, 0.2) is 0 Å². The molecule has 4 nitrogen and oxygen atoms in total. The minimum atomic E-state index is 0.575. The maximum absolute atomic E-state index is 10.4. The molecule has 6 aromatic carbocycles. The van der Waals surface area contributed by atoms with Crippen molar-refractivity contribution in [1.82, 2.24) is 9.13 Å². The molecule has 0 aliphatic heterocycles. The van der Waals surface area contributed by atoms with Crippen LogP contribution in [0.2, 0.25) is 0 Å². The van der Waals surface area contributed by atoms with E-state index in [1.165, 1.54) is 0 Å². The van der Waals surface area contributed by atoms with E-state index in [0.29, 0.717) is 11.1 Å². The lowest BCUT2D eigenvalue weighted by Gasteiger charge is -2.19. The highest BCUT2D eigenvalue weighted by molar-refractivity contribution is 6.11. The molecule has 0 spiro atoms. The molecular formula is C38H22N4. The molecule has 194 valence electrons. The predicted molar refractivity (Wildman–Crippen MR) is 170 cm³/mol. The summed E-state index contributed by atoms with van der Waals surface area (Å²) in [6.07, 6.45) is 0. The predicted octanol–water partition coefficient (Wildman–Crippen LogP) is 9.29. The van der Waals surface area contributed by atoms with E-state index in [1.807, 2.05) is 54.6 Å². The van der Waals surface area contributed by atoms with E-state index >= 15 is 0 Å². The normalized spacial score (nSPS) is 11.3. The van der Waals surface area contributed by atoms with Crippen molar-refractivity contribution < 1.29 is 0 Å². The fraction of sp³-hybridized carbons (Fsp3) is 0. The lowest BCUT2D eigenvalue weighted by atomic mass is 9.96. The standard InChI is InChI=1S/C38H22N4/c39-23-25-20-21-31(37(22-25)41-33-16-5-1-11-27(33)28-12-2-6-17-34(28)41)32-15-9-10-26(24-40)38(32)42-35-18-7-3-13-29(35)30-14-4-8-19-36(30)42/h1-22H. The molecule has 0 saturated heterocycles. The summed E-state index contributed by atoms with van der Waals surface area (Å²) in [7, 11) is 0. The summed E-state index contributed by atoms with van der Waals surface area (Å²) < 4.78 is 4.46. The van der Waals surface area contributed by atoms with Gasteiger partial charge in [-0.25, -0.2) is 0 Å². The number of nitriles is 2. The minimum absolute atomic E-state index is 0.575. The van der Waals surface area contributed by atoms with Gasteiger partial charge >= 0.3 is 0 Å². The van der Waals surface area contributed by atoms with E-state index in [1.54, 1.807) is 0 Å². The topological polar surface area (TPSA) is 57.4 Å². The molecule has 8 rings (SSSR count). The van der Waals surface area contributed by atoms with Crippen molar-refractivity contribution in [3.05, 3.63) is 145 Å². The number of hydrogen-bond donors (Lipinski definition) is 0. The fourth-order valence-corrected chi connectivity index (χ4v) is 6.45. The SMILES string of the molecule is N#Cc1ccc(-c2cccc(C#N)c2-n2c3ccccc3c3ccccc32)c(-n2c3ccccc3c3ccccc32)c1. The van der Waals surface area contributed by atoms with E-state index in [9.17, 15) is 10.5 Å². The van der Waals surface area contributed by atoms with Crippen LogP contribution in [0.1, 0.15) is 11.1 Å². The van der Waals surface area contributed by atoms with E-state index in [-0.39, 0.29) is 0 Å². The number of aromatic nitrogens is 2. The molecule has 0 aliphatic carbocycles. The molecule has 0 radical (unpaired) electrons. The average Bonchev–Trinajstić information content (AvgIpc) is 3.57. The Morgan fingerprint density at radius 1 is 0.429 bits per heavy atom. The van der Waals surface area contributed by atoms with Crippen LogP contribution < -0.4 is 0 Å². The van der Waals surface area contributed by atoms with Gasteiger partial charge in [-0.1, -0.05) is 91.0 Å². The van der Waals surface area contributed by atoms with Gasteiger partial charge in [0.25, 0.3) is 0 Å². The number of nitrogens with zero attached hydrogens (tertiary/aromatic N) is 4. The Hall–Kier alpha value is -6.10. The van der Waals surface area contributed by atoms with Crippen molar-refractivity contribution in [3.8, 4) is 34.6 Å². The molecule has 4 heteroatoms. The Kier molecular flexibility index (Phi) is 5.22. The smallest absolute Gasteiger partial charge is 0.101 e. The molecule has 2 aromatic heterocycles. The third-order valence-electron chi connectivity index (χ3n) is 8.20. The van der Waals surface area contributed by atoms with Crippen molar-refractivity contribution in [2.45, 2.75) is 0 Å². The number of hydrogen-bond acceptors (Lipinski definition) is 2. The Balaban J connectivity index is 1.53. The van der Waals surface area contributed by atoms with Crippen LogP contribution in [0.3, 0.4) is 0 Å². The second-order valence-corrected chi connectivity index (χ2v) is 10.4. The van der Waals surface area contributed by atoms with Crippen LogP contribution in [0.5, 0.6) is 0 Å². The summed E-state index contributed by atoms with van der Waals surface area (Å²) in [4.78, 5) is 0. The lowest BCUT2D eigenvalue weighted by molar-refractivity contribution is 1.15. The average molecular weight is 535 g/mol. The van der Waals surface area contributed by atoms with Crippen LogP contribution in [-0.2, 0) is 0 Å². The third-order valence-corrected chi connectivity index (χ3v) is 8.20. The number of para-hydroxylation sites is 5. The van der Waals surface area contributed by atoms with E-state index < -0.39 is 0 Å². The Bertz CT molecular complexity index is 2340. The van der Waals surface area contributed by atoms with E-state index in [4.69, 9.17) is 0 Å². The first kappa shape index (κ1) is 23.8. The van der Waals surface area contributed by atoms with Crippen LogP contribution in [0.4, 0.5) is 0 Å². The van der Waals surface area contributed by atoms with Crippen LogP contribution in [0.15, 0.2) is 133 Å². The first-order valence-corrected chi connectivity index (χ1v) is 13.8. The largest absolute Gasteiger partial charge is 0.309 e. The summed E-state index contributed by atoms with van der Waals surface area (Å²) >= 11 is 0. The quantitative estimate of drug-likeness (QED) is 0.227. The molecule has 0 saturated carbocycles. The van der Waals surface area contributed by atoms with E-state index in [0.717, 1.165) is 66.1 Å². The van der Waals surface area contributed by atoms with Crippen molar-refractivity contribution in [2.75, 3.05) is 0 Å². The molecular weight excluding hydrogens is 512 g/mol. The van der Waals surface area contributed by atoms with Crippen LogP contribution in [-0.4, -0.2) is 9.13 Å². The summed E-state index contributed by atoms with van der Waals surface area (Å²) in [6.45, 7) is 0. The first-order valence-electron chi connectivity index (χ1n) is 13.8. The van der Waals surface area contributed by atoms with Crippen molar-refractivity contribution in [1.29, 1.82) is 10.5 Å². The summed E-state index contributed by atoms with van der Waals surface area (Å²) in [5.74, 6) is 0. The van der Waals surface area contributed by atoms with Gasteiger partial charge in [-0.2, -0.15) is 10.5 Å². The van der Waals surface area contributed by atoms with E-state index in [2.05, 4.69) is 100 Å². The van der Waals surface area contributed by atoms with Gasteiger partial charge in [-0.3, -0.25) is 0 Å². The van der Waals surface area contributed by atoms with Crippen molar-refractivity contribution >= 4 is 43.6 Å². The van der Waals surface area contributed by atoms with Crippen LogP contribution >= 0.6 is 0 Å². The molecule has 0 N–H and O–H groups in total. The number of fused-ring (bicyclic) bond motifs is 6. The Morgan fingerprint density at radius 2 is 0.929 bits per heavy atom. The van der Waals surface area contributed by atoms with Gasteiger partial charge in [0.2, 0.25) is 0 Å². The molecule has 0 unspecified atom stereocenters. The summed E-state index contributed by atoms with van der Waals surface area (Å²) in [6, 6.07) is 50.0. The molecule has 0 bridgehead atoms. The highest BCUT2D eigenvalue weighted by Gasteiger charge is 2.22. The second kappa shape index (κ2) is 9.24. The van der Waals surface area contributed by atoms with Gasteiger partial charge in [0.1, 0.15) is 6.07 Å². The second-order valence-electron chi connectivity index (χ2n) is 10.4. The minimum Gasteiger partial charge on any atom is -0.309 e. The molecule has 8 aromatic rings. The Morgan fingerprint density at radius 3 is 1.43 bits per heavy atom. The molecule has 2 heterocycles. The fourth-order valence-electron chi connectivity index (χ4n) is 6.45. The highest BCUT2D eigenvalue weighted by Crippen LogP contribution is 2.41. The highest BCUT2D eigenvalue weighted by atomic mass is 15.0. The number of benzene rings is 6. The Labute approximate surface area is 242 Å². The van der Waals surface area contributed by atoms with Crippen molar-refractivity contribution in [2.24, 2.45) is 0 Å². The third kappa shape index (κ3) is 3.33. The zero-order valence-electron chi connectivity index (χ0n) is 22.5. The van der Waals surface area contributed by atoms with Gasteiger partial charge in [-0.05, 0) is 42.5 Å².